The summed E-state index contributed by atoms with van der Waals surface area (Å²) in [6.07, 6.45) is 9.77. The van der Waals surface area contributed by atoms with Gasteiger partial charge in [0.05, 0.1) is 0 Å². The molecule has 0 saturated carbocycles. The number of unbranched alkanes of at least 4 members (excludes halogenated alkanes) is 5. The van der Waals surface area contributed by atoms with Crippen LogP contribution in [0.4, 0.5) is 0 Å². The number of rotatable bonds is 9. The van der Waals surface area contributed by atoms with Gasteiger partial charge in [-0.1, -0.05) is 63.8 Å². The molecular formula is C17H24O2. The van der Waals surface area contributed by atoms with E-state index in [9.17, 15) is 4.79 Å². The number of carbonyl (C=O) groups is 1. The summed E-state index contributed by atoms with van der Waals surface area (Å²) in [5, 5.41) is 0. The minimum Gasteiger partial charge on any atom is -0.423 e. The number of carbonyl (C=O) groups excluding carboxylic acids is 1. The van der Waals surface area contributed by atoms with Gasteiger partial charge in [-0.05, 0) is 24.5 Å². The fourth-order valence-corrected chi connectivity index (χ4v) is 2.06. The van der Waals surface area contributed by atoms with Gasteiger partial charge in [0.1, 0.15) is 5.75 Å². The zero-order chi connectivity index (χ0) is 13.9. The van der Waals surface area contributed by atoms with Crippen LogP contribution >= 0.6 is 0 Å². The molecule has 0 aliphatic heterocycles. The van der Waals surface area contributed by atoms with Crippen molar-refractivity contribution in [2.45, 2.75) is 51.9 Å². The van der Waals surface area contributed by atoms with Gasteiger partial charge in [0, 0.05) is 6.08 Å². The first-order valence-corrected chi connectivity index (χ1v) is 7.20. The van der Waals surface area contributed by atoms with E-state index >= 15 is 0 Å². The molecule has 0 aliphatic rings. The molecule has 2 nitrogen and oxygen atoms in total. The van der Waals surface area contributed by atoms with Gasteiger partial charge < -0.3 is 4.74 Å². The Morgan fingerprint density at radius 1 is 1.16 bits per heavy atom. The lowest BCUT2D eigenvalue weighted by atomic mass is 10.0. The molecule has 1 rings (SSSR count). The standard InChI is InChI=1S/C17H24O2/c1-3-5-6-7-8-9-12-15-13-10-11-14-16(15)19-17(18)4-2/h4,10-11,13-14H,2-3,5-9,12H2,1H3. The van der Waals surface area contributed by atoms with E-state index in [1.54, 1.807) is 0 Å². The van der Waals surface area contributed by atoms with E-state index in [1.807, 2.05) is 24.3 Å². The third-order valence-electron chi connectivity index (χ3n) is 3.15. The molecule has 2 heteroatoms. The zero-order valence-corrected chi connectivity index (χ0v) is 11.9. The maximum atomic E-state index is 11.2. The van der Waals surface area contributed by atoms with Crippen LogP contribution in [0.3, 0.4) is 0 Å². The van der Waals surface area contributed by atoms with Gasteiger partial charge in [-0.25, -0.2) is 4.79 Å². The van der Waals surface area contributed by atoms with Crippen LogP contribution < -0.4 is 4.74 Å². The largest absolute Gasteiger partial charge is 0.423 e. The minimum absolute atomic E-state index is 0.393. The second-order valence-electron chi connectivity index (χ2n) is 4.75. The van der Waals surface area contributed by atoms with Gasteiger partial charge in [0.15, 0.2) is 0 Å². The van der Waals surface area contributed by atoms with Crippen molar-refractivity contribution >= 4 is 5.97 Å². The molecule has 19 heavy (non-hydrogen) atoms. The van der Waals surface area contributed by atoms with E-state index in [-0.39, 0.29) is 0 Å². The summed E-state index contributed by atoms with van der Waals surface area (Å²) >= 11 is 0. The number of hydrogen-bond acceptors (Lipinski definition) is 2. The van der Waals surface area contributed by atoms with Crippen LogP contribution in [0.2, 0.25) is 0 Å². The number of hydrogen-bond donors (Lipinski definition) is 0. The maximum Gasteiger partial charge on any atom is 0.335 e. The lowest BCUT2D eigenvalue weighted by Gasteiger charge is -2.08. The topological polar surface area (TPSA) is 26.3 Å². The second kappa shape index (κ2) is 9.37. The molecular weight excluding hydrogens is 236 g/mol. The van der Waals surface area contributed by atoms with Crippen LogP contribution in [-0.4, -0.2) is 5.97 Å². The van der Waals surface area contributed by atoms with E-state index in [4.69, 9.17) is 4.74 Å². The Hall–Kier alpha value is -1.57. The highest BCUT2D eigenvalue weighted by Crippen LogP contribution is 2.21. The monoisotopic (exact) mass is 260 g/mol. The van der Waals surface area contributed by atoms with E-state index in [1.165, 1.54) is 38.2 Å². The highest BCUT2D eigenvalue weighted by Gasteiger charge is 2.05. The third kappa shape index (κ3) is 6.23. The Morgan fingerprint density at radius 3 is 2.58 bits per heavy atom. The van der Waals surface area contributed by atoms with Gasteiger partial charge in [-0.15, -0.1) is 0 Å². The molecule has 0 heterocycles. The van der Waals surface area contributed by atoms with Gasteiger partial charge in [-0.2, -0.15) is 0 Å². The van der Waals surface area contributed by atoms with Crippen LogP contribution in [0.15, 0.2) is 36.9 Å². The maximum absolute atomic E-state index is 11.2. The van der Waals surface area contributed by atoms with Crippen molar-refractivity contribution in [1.29, 1.82) is 0 Å². The predicted octanol–water partition coefficient (Wildman–Crippen LogP) is 4.68. The summed E-state index contributed by atoms with van der Waals surface area (Å²) in [5.41, 5.74) is 1.10. The quantitative estimate of drug-likeness (QED) is 0.279. The Kier molecular flexibility index (Phi) is 7.64. The molecule has 0 saturated heterocycles. The molecule has 1 aromatic carbocycles. The van der Waals surface area contributed by atoms with Crippen molar-refractivity contribution < 1.29 is 9.53 Å². The summed E-state index contributed by atoms with van der Waals surface area (Å²) in [6.45, 7) is 5.64. The molecule has 0 atom stereocenters. The zero-order valence-electron chi connectivity index (χ0n) is 11.9. The van der Waals surface area contributed by atoms with E-state index < -0.39 is 5.97 Å². The Balaban J connectivity index is 2.40. The summed E-state index contributed by atoms with van der Waals surface area (Å²) in [6, 6.07) is 7.74. The van der Waals surface area contributed by atoms with Crippen LogP contribution in [-0.2, 0) is 11.2 Å². The van der Waals surface area contributed by atoms with E-state index in [0.717, 1.165) is 18.4 Å². The first-order chi connectivity index (χ1) is 9.27. The van der Waals surface area contributed by atoms with Gasteiger partial charge in [0.25, 0.3) is 0 Å². The number of esters is 1. The molecule has 0 bridgehead atoms. The molecule has 0 spiro atoms. The first-order valence-electron chi connectivity index (χ1n) is 7.20. The lowest BCUT2D eigenvalue weighted by Crippen LogP contribution is -2.05. The minimum atomic E-state index is -0.393. The van der Waals surface area contributed by atoms with Crippen LogP contribution in [0.25, 0.3) is 0 Å². The summed E-state index contributed by atoms with van der Waals surface area (Å²) in [7, 11) is 0. The molecule has 0 unspecified atom stereocenters. The van der Waals surface area contributed by atoms with Crippen LogP contribution in [0.1, 0.15) is 51.0 Å². The van der Waals surface area contributed by atoms with Gasteiger partial charge >= 0.3 is 5.97 Å². The molecule has 0 radical (unpaired) electrons. The lowest BCUT2D eigenvalue weighted by molar-refractivity contribution is -0.129. The highest BCUT2D eigenvalue weighted by molar-refractivity contribution is 5.83. The van der Waals surface area contributed by atoms with Gasteiger partial charge in [0.2, 0.25) is 0 Å². The number of para-hydroxylation sites is 1. The average Bonchev–Trinajstić information content (AvgIpc) is 2.44. The fourth-order valence-electron chi connectivity index (χ4n) is 2.06. The average molecular weight is 260 g/mol. The molecule has 0 fully saturated rings. The Morgan fingerprint density at radius 2 is 1.84 bits per heavy atom. The van der Waals surface area contributed by atoms with Gasteiger partial charge in [-0.3, -0.25) is 0 Å². The fraction of sp³-hybridized carbons (Fsp3) is 0.471. The summed E-state index contributed by atoms with van der Waals surface area (Å²) in [4.78, 5) is 11.2. The second-order valence-corrected chi connectivity index (χ2v) is 4.75. The number of ether oxygens (including phenoxy) is 1. The SMILES string of the molecule is C=CC(=O)Oc1ccccc1CCCCCCCC. The number of aryl methyl sites for hydroxylation is 1. The molecule has 0 N–H and O–H groups in total. The van der Waals surface area contributed by atoms with Crippen LogP contribution in [0.5, 0.6) is 5.75 Å². The summed E-state index contributed by atoms with van der Waals surface area (Å²) < 4.78 is 5.23. The molecule has 0 amide bonds. The Bertz CT molecular complexity index is 396. The van der Waals surface area contributed by atoms with Crippen molar-refractivity contribution in [3.63, 3.8) is 0 Å². The smallest absolute Gasteiger partial charge is 0.335 e. The number of benzene rings is 1. The first kappa shape index (κ1) is 15.5. The molecule has 0 aromatic heterocycles. The molecule has 0 aliphatic carbocycles. The third-order valence-corrected chi connectivity index (χ3v) is 3.15. The molecule has 1 aromatic rings. The van der Waals surface area contributed by atoms with Crippen molar-refractivity contribution in [1.82, 2.24) is 0 Å². The van der Waals surface area contributed by atoms with Crippen molar-refractivity contribution in [2.75, 3.05) is 0 Å². The predicted molar refractivity (Wildman–Crippen MR) is 79.4 cm³/mol. The van der Waals surface area contributed by atoms with Crippen molar-refractivity contribution in [3.05, 3.63) is 42.5 Å². The summed E-state index contributed by atoms with van der Waals surface area (Å²) in [5.74, 6) is 0.274. The molecule has 104 valence electrons. The highest BCUT2D eigenvalue weighted by atomic mass is 16.5. The van der Waals surface area contributed by atoms with Crippen LogP contribution in [0, 0.1) is 0 Å². The normalized spacial score (nSPS) is 10.2. The van der Waals surface area contributed by atoms with Crippen molar-refractivity contribution in [2.24, 2.45) is 0 Å². The van der Waals surface area contributed by atoms with Crippen molar-refractivity contribution in [3.8, 4) is 5.75 Å². The Labute approximate surface area is 116 Å². The van der Waals surface area contributed by atoms with E-state index in [0.29, 0.717) is 5.75 Å². The van der Waals surface area contributed by atoms with E-state index in [2.05, 4.69) is 13.5 Å².